The van der Waals surface area contributed by atoms with Crippen LogP contribution in [0.1, 0.15) is 12.7 Å². The molecule has 0 unspecified atom stereocenters. The van der Waals surface area contributed by atoms with E-state index in [2.05, 4.69) is 10.1 Å². The number of hydrogen-bond acceptors (Lipinski definition) is 5. The van der Waals surface area contributed by atoms with Crippen molar-refractivity contribution in [1.29, 1.82) is 0 Å². The van der Waals surface area contributed by atoms with E-state index in [4.69, 9.17) is 9.26 Å². The first-order valence-corrected chi connectivity index (χ1v) is 4.75. The predicted octanol–water partition coefficient (Wildman–Crippen LogP) is 1.97. The molecule has 82 valence electrons. The molecule has 0 spiro atoms. The van der Waals surface area contributed by atoms with E-state index in [-0.39, 0.29) is 5.97 Å². The zero-order valence-corrected chi connectivity index (χ0v) is 8.93. The summed E-state index contributed by atoms with van der Waals surface area (Å²) in [5.41, 5.74) is 0.610. The molecular weight excluding hydrogens is 208 g/mol. The Balaban J connectivity index is 2.43. The fraction of sp³-hybridized carbons (Fsp3) is 0.182. The van der Waals surface area contributed by atoms with Crippen molar-refractivity contribution in [2.45, 2.75) is 13.8 Å². The fourth-order valence-corrected chi connectivity index (χ4v) is 1.29. The van der Waals surface area contributed by atoms with Crippen molar-refractivity contribution in [1.82, 2.24) is 10.1 Å². The van der Waals surface area contributed by atoms with Crippen LogP contribution in [0.4, 0.5) is 0 Å². The summed E-state index contributed by atoms with van der Waals surface area (Å²) in [5, 5.41) is 3.69. The van der Waals surface area contributed by atoms with Crippen molar-refractivity contribution >= 4 is 5.97 Å². The molecular formula is C11H10N2O3. The Morgan fingerprint density at radius 2 is 2.12 bits per heavy atom. The number of benzene rings is 1. The smallest absolute Gasteiger partial charge is 0.308 e. The van der Waals surface area contributed by atoms with Crippen molar-refractivity contribution in [3.8, 4) is 17.2 Å². The number of para-hydroxylation sites is 1. The van der Waals surface area contributed by atoms with Crippen LogP contribution in [0.3, 0.4) is 0 Å². The molecule has 5 nitrogen and oxygen atoms in total. The zero-order chi connectivity index (χ0) is 11.5. The van der Waals surface area contributed by atoms with E-state index in [1.807, 2.05) is 6.07 Å². The molecule has 16 heavy (non-hydrogen) atoms. The number of rotatable bonds is 2. The largest absolute Gasteiger partial charge is 0.426 e. The average Bonchev–Trinajstić information content (AvgIpc) is 2.65. The molecule has 0 saturated heterocycles. The summed E-state index contributed by atoms with van der Waals surface area (Å²) in [4.78, 5) is 15.0. The van der Waals surface area contributed by atoms with E-state index in [9.17, 15) is 4.79 Å². The first-order valence-electron chi connectivity index (χ1n) is 4.75. The molecule has 0 fully saturated rings. The van der Waals surface area contributed by atoms with Crippen LogP contribution in [0, 0.1) is 6.92 Å². The van der Waals surface area contributed by atoms with Gasteiger partial charge in [0.15, 0.2) is 5.82 Å². The Kier molecular flexibility index (Phi) is 2.68. The van der Waals surface area contributed by atoms with E-state index in [0.29, 0.717) is 23.0 Å². The number of nitrogens with zero attached hydrogens (tertiary/aromatic N) is 2. The topological polar surface area (TPSA) is 65.2 Å². The summed E-state index contributed by atoms with van der Waals surface area (Å²) in [6.07, 6.45) is 0. The van der Waals surface area contributed by atoms with Crippen LogP contribution in [-0.2, 0) is 4.79 Å². The number of aryl methyl sites for hydroxylation is 1. The third-order valence-corrected chi connectivity index (χ3v) is 1.90. The number of carbonyl (C=O) groups excluding carboxylic acids is 1. The van der Waals surface area contributed by atoms with Gasteiger partial charge in [-0.2, -0.15) is 4.98 Å². The summed E-state index contributed by atoms with van der Waals surface area (Å²) in [6, 6.07) is 7.01. The zero-order valence-electron chi connectivity index (χ0n) is 8.93. The molecule has 0 amide bonds. The molecule has 0 atom stereocenters. The minimum atomic E-state index is -0.385. The van der Waals surface area contributed by atoms with Crippen LogP contribution in [-0.4, -0.2) is 16.1 Å². The molecule has 0 saturated carbocycles. The highest BCUT2D eigenvalue weighted by Crippen LogP contribution is 2.28. The van der Waals surface area contributed by atoms with Gasteiger partial charge in [0.05, 0.1) is 5.56 Å². The van der Waals surface area contributed by atoms with Gasteiger partial charge in [0, 0.05) is 6.92 Å². The average molecular weight is 218 g/mol. The van der Waals surface area contributed by atoms with Gasteiger partial charge in [-0.15, -0.1) is 0 Å². The molecule has 0 aliphatic rings. The summed E-state index contributed by atoms with van der Waals surface area (Å²) in [5.74, 6) is 0.907. The van der Waals surface area contributed by atoms with Crippen LogP contribution < -0.4 is 4.74 Å². The van der Waals surface area contributed by atoms with Crippen LogP contribution in [0.15, 0.2) is 28.8 Å². The van der Waals surface area contributed by atoms with E-state index < -0.39 is 0 Å². The maximum Gasteiger partial charge on any atom is 0.308 e. The second-order valence-electron chi connectivity index (χ2n) is 3.24. The van der Waals surface area contributed by atoms with Crippen LogP contribution >= 0.6 is 0 Å². The third-order valence-electron chi connectivity index (χ3n) is 1.90. The lowest BCUT2D eigenvalue weighted by atomic mass is 10.2. The molecule has 5 heteroatoms. The molecule has 1 aromatic carbocycles. The standard InChI is InChI=1S/C11H10N2O3/c1-7-12-11(16-13-7)9-5-3-4-6-10(9)15-8(2)14/h3-6H,1-2H3. The molecule has 0 bridgehead atoms. The fourth-order valence-electron chi connectivity index (χ4n) is 1.29. The Hall–Kier alpha value is -2.17. The Labute approximate surface area is 92.0 Å². The number of aromatic nitrogens is 2. The Bertz CT molecular complexity index is 519. The van der Waals surface area contributed by atoms with Gasteiger partial charge in [-0.3, -0.25) is 4.79 Å². The highest BCUT2D eigenvalue weighted by atomic mass is 16.5. The highest BCUT2D eigenvalue weighted by molar-refractivity contribution is 5.73. The predicted molar refractivity (Wildman–Crippen MR) is 55.8 cm³/mol. The van der Waals surface area contributed by atoms with Crippen LogP contribution in [0.25, 0.3) is 11.5 Å². The van der Waals surface area contributed by atoms with Gasteiger partial charge < -0.3 is 9.26 Å². The molecule has 1 aromatic heterocycles. The molecule has 0 N–H and O–H groups in total. The van der Waals surface area contributed by atoms with E-state index in [1.54, 1.807) is 25.1 Å². The van der Waals surface area contributed by atoms with Gasteiger partial charge >= 0.3 is 5.97 Å². The van der Waals surface area contributed by atoms with E-state index >= 15 is 0 Å². The molecule has 1 heterocycles. The number of carbonyl (C=O) groups is 1. The summed E-state index contributed by atoms with van der Waals surface area (Å²) >= 11 is 0. The van der Waals surface area contributed by atoms with Gasteiger partial charge in [0.1, 0.15) is 5.75 Å². The maximum atomic E-state index is 10.9. The number of hydrogen-bond donors (Lipinski definition) is 0. The van der Waals surface area contributed by atoms with Crippen LogP contribution in [0.5, 0.6) is 5.75 Å². The third kappa shape index (κ3) is 2.08. The van der Waals surface area contributed by atoms with Gasteiger partial charge in [0.25, 0.3) is 5.89 Å². The summed E-state index contributed by atoms with van der Waals surface area (Å²) in [6.45, 7) is 3.07. The summed E-state index contributed by atoms with van der Waals surface area (Å²) in [7, 11) is 0. The van der Waals surface area contributed by atoms with Crippen molar-refractivity contribution < 1.29 is 14.1 Å². The molecule has 0 aliphatic carbocycles. The number of ether oxygens (including phenoxy) is 1. The second kappa shape index (κ2) is 4.14. The highest BCUT2D eigenvalue weighted by Gasteiger charge is 2.13. The first-order chi connectivity index (χ1) is 7.66. The molecule has 2 rings (SSSR count). The SMILES string of the molecule is CC(=O)Oc1ccccc1-c1nc(C)no1. The normalized spacial score (nSPS) is 10.1. The monoisotopic (exact) mass is 218 g/mol. The number of esters is 1. The quantitative estimate of drug-likeness (QED) is 0.569. The Morgan fingerprint density at radius 3 is 2.75 bits per heavy atom. The summed E-state index contributed by atoms with van der Waals surface area (Å²) < 4.78 is 10.1. The lowest BCUT2D eigenvalue weighted by molar-refractivity contribution is -0.131. The van der Waals surface area contributed by atoms with Gasteiger partial charge in [-0.25, -0.2) is 0 Å². The molecule has 2 aromatic rings. The van der Waals surface area contributed by atoms with Crippen molar-refractivity contribution in [2.75, 3.05) is 0 Å². The van der Waals surface area contributed by atoms with Crippen molar-refractivity contribution in [3.63, 3.8) is 0 Å². The second-order valence-corrected chi connectivity index (χ2v) is 3.24. The van der Waals surface area contributed by atoms with E-state index in [1.165, 1.54) is 6.92 Å². The lowest BCUT2D eigenvalue weighted by Gasteiger charge is -2.04. The van der Waals surface area contributed by atoms with E-state index in [0.717, 1.165) is 0 Å². The molecule has 0 aliphatic heterocycles. The molecule has 0 radical (unpaired) electrons. The van der Waals surface area contributed by atoms with Gasteiger partial charge in [-0.1, -0.05) is 17.3 Å². The minimum absolute atomic E-state index is 0.342. The Morgan fingerprint density at radius 1 is 1.38 bits per heavy atom. The van der Waals surface area contributed by atoms with Crippen molar-refractivity contribution in [3.05, 3.63) is 30.1 Å². The van der Waals surface area contributed by atoms with Crippen molar-refractivity contribution in [2.24, 2.45) is 0 Å². The lowest BCUT2D eigenvalue weighted by Crippen LogP contribution is -2.02. The first kappa shape index (κ1) is 10.4. The van der Waals surface area contributed by atoms with Gasteiger partial charge in [0.2, 0.25) is 0 Å². The van der Waals surface area contributed by atoms with Gasteiger partial charge in [-0.05, 0) is 19.1 Å². The minimum Gasteiger partial charge on any atom is -0.426 e. The van der Waals surface area contributed by atoms with Crippen LogP contribution in [0.2, 0.25) is 0 Å². The maximum absolute atomic E-state index is 10.9.